The minimum atomic E-state index is -4.28. The number of benzene rings is 2. The SMILES string of the molecule is Cc1ccc(N)cc1OS(=O)(=O)Oc1cc(N)ccc1C. The molecule has 0 saturated carbocycles. The first kappa shape index (κ1) is 15.0. The molecule has 7 heteroatoms. The van der Waals surface area contributed by atoms with Gasteiger partial charge in [-0.3, -0.25) is 0 Å². The van der Waals surface area contributed by atoms with Crippen molar-refractivity contribution in [2.75, 3.05) is 11.5 Å². The Balaban J connectivity index is 2.26. The predicted molar refractivity (Wildman–Crippen MR) is 81.4 cm³/mol. The number of nitrogens with two attached hydrogens (primary N) is 2. The summed E-state index contributed by atoms with van der Waals surface area (Å²) in [4.78, 5) is 0. The molecule has 0 unspecified atom stereocenters. The van der Waals surface area contributed by atoms with Crippen LogP contribution < -0.4 is 19.8 Å². The van der Waals surface area contributed by atoms with Crippen LogP contribution in [0.25, 0.3) is 0 Å². The van der Waals surface area contributed by atoms with E-state index in [-0.39, 0.29) is 11.5 Å². The number of anilines is 2. The molecule has 0 aliphatic heterocycles. The zero-order valence-electron chi connectivity index (χ0n) is 11.7. The van der Waals surface area contributed by atoms with Crippen molar-refractivity contribution in [2.45, 2.75) is 13.8 Å². The van der Waals surface area contributed by atoms with Gasteiger partial charge in [0, 0.05) is 23.5 Å². The molecule has 0 fully saturated rings. The molecule has 2 aromatic carbocycles. The van der Waals surface area contributed by atoms with E-state index in [4.69, 9.17) is 19.8 Å². The Kier molecular flexibility index (Phi) is 3.95. The van der Waals surface area contributed by atoms with Crippen LogP contribution in [0.3, 0.4) is 0 Å². The molecule has 2 aromatic rings. The van der Waals surface area contributed by atoms with Crippen LogP contribution in [-0.2, 0) is 10.4 Å². The topological polar surface area (TPSA) is 105 Å². The molecule has 2 rings (SSSR count). The third-order valence-corrected chi connectivity index (χ3v) is 3.58. The number of aryl methyl sites for hydroxylation is 2. The quantitative estimate of drug-likeness (QED) is 0.839. The van der Waals surface area contributed by atoms with Gasteiger partial charge in [0.05, 0.1) is 0 Å². The largest absolute Gasteiger partial charge is 0.501 e. The summed E-state index contributed by atoms with van der Waals surface area (Å²) < 4.78 is 33.8. The Labute approximate surface area is 123 Å². The fourth-order valence-electron chi connectivity index (χ4n) is 1.65. The van der Waals surface area contributed by atoms with E-state index in [2.05, 4.69) is 0 Å². The number of rotatable bonds is 4. The molecule has 6 nitrogen and oxygen atoms in total. The summed E-state index contributed by atoms with van der Waals surface area (Å²) in [6, 6.07) is 9.46. The molecule has 0 amide bonds. The first-order valence-corrected chi connectivity index (χ1v) is 7.46. The maximum absolute atomic E-state index is 12.0. The lowest BCUT2D eigenvalue weighted by Gasteiger charge is -2.12. The smallest absolute Gasteiger partial charge is 0.399 e. The zero-order chi connectivity index (χ0) is 15.6. The summed E-state index contributed by atoms with van der Waals surface area (Å²) >= 11 is 0. The lowest BCUT2D eigenvalue weighted by molar-refractivity contribution is 0.390. The van der Waals surface area contributed by atoms with Crippen LogP contribution in [0.4, 0.5) is 11.4 Å². The summed E-state index contributed by atoms with van der Waals surface area (Å²) in [5.74, 6) is 0.244. The molecule has 0 saturated heterocycles. The van der Waals surface area contributed by atoms with E-state index in [1.807, 2.05) is 0 Å². The van der Waals surface area contributed by atoms with Gasteiger partial charge in [0.2, 0.25) is 0 Å². The van der Waals surface area contributed by atoms with E-state index in [0.717, 1.165) is 0 Å². The van der Waals surface area contributed by atoms with Crippen molar-refractivity contribution in [2.24, 2.45) is 0 Å². The van der Waals surface area contributed by atoms with Crippen molar-refractivity contribution in [1.82, 2.24) is 0 Å². The van der Waals surface area contributed by atoms with Crippen molar-refractivity contribution < 1.29 is 16.8 Å². The fourth-order valence-corrected chi connectivity index (χ4v) is 2.48. The van der Waals surface area contributed by atoms with E-state index in [0.29, 0.717) is 22.5 Å². The third kappa shape index (κ3) is 3.79. The van der Waals surface area contributed by atoms with Gasteiger partial charge in [-0.2, -0.15) is 0 Å². The molecule has 0 spiro atoms. The molecule has 0 aliphatic rings. The number of nitrogen functional groups attached to an aromatic ring is 2. The fraction of sp³-hybridized carbons (Fsp3) is 0.143. The molecule has 112 valence electrons. The second-order valence-corrected chi connectivity index (χ2v) is 5.77. The molecule has 0 bridgehead atoms. The van der Waals surface area contributed by atoms with E-state index in [9.17, 15) is 8.42 Å². The van der Waals surface area contributed by atoms with Gasteiger partial charge in [-0.25, -0.2) is 0 Å². The van der Waals surface area contributed by atoms with Crippen molar-refractivity contribution in [3.63, 3.8) is 0 Å². The Morgan fingerprint density at radius 3 is 1.57 bits per heavy atom. The van der Waals surface area contributed by atoms with Gasteiger partial charge in [-0.05, 0) is 37.1 Å². The highest BCUT2D eigenvalue weighted by Gasteiger charge is 2.18. The average Bonchev–Trinajstić information content (AvgIpc) is 2.37. The van der Waals surface area contributed by atoms with Crippen LogP contribution in [0.15, 0.2) is 36.4 Å². The number of hydrogen-bond donors (Lipinski definition) is 2. The van der Waals surface area contributed by atoms with Crippen molar-refractivity contribution >= 4 is 21.8 Å². The van der Waals surface area contributed by atoms with Gasteiger partial charge in [0.15, 0.2) is 11.5 Å². The molecule has 21 heavy (non-hydrogen) atoms. The molecule has 0 aromatic heterocycles. The highest BCUT2D eigenvalue weighted by atomic mass is 32.3. The molecule has 4 N–H and O–H groups in total. The van der Waals surface area contributed by atoms with Gasteiger partial charge < -0.3 is 19.8 Å². The third-order valence-electron chi connectivity index (χ3n) is 2.81. The van der Waals surface area contributed by atoms with Gasteiger partial charge in [0.1, 0.15) is 0 Å². The average molecular weight is 308 g/mol. The Morgan fingerprint density at radius 1 is 0.810 bits per heavy atom. The lowest BCUT2D eigenvalue weighted by Crippen LogP contribution is -2.17. The summed E-state index contributed by atoms with van der Waals surface area (Å²) in [6.45, 7) is 3.41. The Morgan fingerprint density at radius 2 is 1.19 bits per heavy atom. The van der Waals surface area contributed by atoms with Gasteiger partial charge >= 0.3 is 10.4 Å². The summed E-state index contributed by atoms with van der Waals surface area (Å²) in [7, 11) is -4.28. The summed E-state index contributed by atoms with van der Waals surface area (Å²) in [5.41, 5.74) is 13.3. The second-order valence-electron chi connectivity index (χ2n) is 4.62. The monoisotopic (exact) mass is 308 g/mol. The molecular weight excluding hydrogens is 292 g/mol. The molecule has 0 heterocycles. The van der Waals surface area contributed by atoms with Gasteiger partial charge in [-0.1, -0.05) is 12.1 Å². The van der Waals surface area contributed by atoms with Crippen LogP contribution >= 0.6 is 0 Å². The standard InChI is InChI=1S/C14H16N2O4S/c1-9-3-5-11(15)7-13(9)19-21(17,18)20-14-8-12(16)6-4-10(14)2/h3-8H,15-16H2,1-2H3. The number of hydrogen-bond acceptors (Lipinski definition) is 6. The van der Waals surface area contributed by atoms with E-state index < -0.39 is 10.4 Å². The van der Waals surface area contributed by atoms with Crippen LogP contribution in [0.2, 0.25) is 0 Å². The summed E-state index contributed by atoms with van der Waals surface area (Å²) in [6.07, 6.45) is 0. The predicted octanol–water partition coefficient (Wildman–Crippen LogP) is 2.17. The Hall–Kier alpha value is -2.41. The minimum absolute atomic E-state index is 0.122. The highest BCUT2D eigenvalue weighted by Crippen LogP contribution is 2.26. The molecule has 0 aliphatic carbocycles. The highest BCUT2D eigenvalue weighted by molar-refractivity contribution is 7.82. The van der Waals surface area contributed by atoms with Crippen molar-refractivity contribution in [1.29, 1.82) is 0 Å². The molecule has 0 atom stereocenters. The molecule has 0 radical (unpaired) electrons. The van der Waals surface area contributed by atoms with Crippen LogP contribution in [-0.4, -0.2) is 8.42 Å². The first-order chi connectivity index (χ1) is 9.77. The first-order valence-electron chi connectivity index (χ1n) is 6.13. The van der Waals surface area contributed by atoms with E-state index in [1.54, 1.807) is 38.1 Å². The normalized spacial score (nSPS) is 11.1. The maximum atomic E-state index is 12.0. The maximum Gasteiger partial charge on any atom is 0.501 e. The summed E-state index contributed by atoms with van der Waals surface area (Å²) in [5, 5.41) is 0. The lowest BCUT2D eigenvalue weighted by atomic mass is 10.2. The van der Waals surface area contributed by atoms with Crippen LogP contribution in [0, 0.1) is 13.8 Å². The van der Waals surface area contributed by atoms with E-state index >= 15 is 0 Å². The molecular formula is C14H16N2O4S. The second kappa shape index (κ2) is 5.53. The minimum Gasteiger partial charge on any atom is -0.399 e. The Bertz CT molecular complexity index is 713. The zero-order valence-corrected chi connectivity index (χ0v) is 12.5. The van der Waals surface area contributed by atoms with Crippen molar-refractivity contribution in [3.8, 4) is 11.5 Å². The van der Waals surface area contributed by atoms with Crippen LogP contribution in [0.5, 0.6) is 11.5 Å². The van der Waals surface area contributed by atoms with E-state index in [1.165, 1.54) is 12.1 Å². The van der Waals surface area contributed by atoms with Gasteiger partial charge in [-0.15, -0.1) is 8.42 Å². The van der Waals surface area contributed by atoms with Crippen molar-refractivity contribution in [3.05, 3.63) is 47.5 Å². The van der Waals surface area contributed by atoms with Gasteiger partial charge in [0.25, 0.3) is 0 Å². The van der Waals surface area contributed by atoms with Crippen LogP contribution in [0.1, 0.15) is 11.1 Å².